The van der Waals surface area contributed by atoms with E-state index in [-0.39, 0.29) is 18.5 Å². The van der Waals surface area contributed by atoms with Crippen molar-refractivity contribution in [3.05, 3.63) is 90.0 Å². The van der Waals surface area contributed by atoms with Crippen molar-refractivity contribution in [2.45, 2.75) is 55.4 Å². The lowest BCUT2D eigenvalue weighted by atomic mass is 10.1. The summed E-state index contributed by atoms with van der Waals surface area (Å²) in [5.74, 6) is -0.839. The smallest absolute Gasteiger partial charge is 0.322 e. The number of benzene rings is 3. The predicted octanol–water partition coefficient (Wildman–Crippen LogP) is 7.25. The maximum atomic E-state index is 13.3. The predicted molar refractivity (Wildman–Crippen MR) is 138 cm³/mol. The number of carbonyl (C=O) groups excluding carboxylic acids is 1. The standard InChI is InChI=1S/C28H32N2O3S/c1-3-4-8-18-30(21(2)23-10-6-5-7-11-23)28(33)29-24-12-9-13-26(20-24)34-25-16-14-22(15-17-25)19-27(31)32/h5-7,9-17,20-21H,3-4,8,18-19H2,1-2H3,(H,29,33)(H,31,32). The van der Waals surface area contributed by atoms with Crippen molar-refractivity contribution in [2.24, 2.45) is 0 Å². The number of rotatable bonds is 11. The Morgan fingerprint density at radius 2 is 1.68 bits per heavy atom. The lowest BCUT2D eigenvalue weighted by Gasteiger charge is -2.30. The summed E-state index contributed by atoms with van der Waals surface area (Å²) in [6.07, 6.45) is 3.17. The van der Waals surface area contributed by atoms with Gasteiger partial charge in [-0.2, -0.15) is 0 Å². The molecule has 0 radical (unpaired) electrons. The molecule has 5 nitrogen and oxygen atoms in total. The van der Waals surface area contributed by atoms with Crippen LogP contribution < -0.4 is 5.32 Å². The summed E-state index contributed by atoms with van der Waals surface area (Å²) in [7, 11) is 0. The maximum Gasteiger partial charge on any atom is 0.322 e. The molecule has 0 aromatic heterocycles. The summed E-state index contributed by atoms with van der Waals surface area (Å²) in [4.78, 5) is 28.1. The molecule has 0 bridgehead atoms. The summed E-state index contributed by atoms with van der Waals surface area (Å²) < 4.78 is 0. The first-order valence-corrected chi connectivity index (χ1v) is 12.5. The van der Waals surface area contributed by atoms with Crippen LogP contribution in [0, 0.1) is 0 Å². The highest BCUT2D eigenvalue weighted by molar-refractivity contribution is 7.99. The minimum absolute atomic E-state index is 0.0165. The number of urea groups is 1. The molecule has 0 saturated carbocycles. The van der Waals surface area contributed by atoms with Crippen LogP contribution in [-0.4, -0.2) is 28.6 Å². The van der Waals surface area contributed by atoms with Crippen molar-refractivity contribution in [1.29, 1.82) is 0 Å². The van der Waals surface area contributed by atoms with Gasteiger partial charge in [0.05, 0.1) is 12.5 Å². The number of nitrogens with one attached hydrogen (secondary N) is 1. The van der Waals surface area contributed by atoms with Gasteiger partial charge in [-0.05, 0) is 54.8 Å². The second-order valence-corrected chi connectivity index (χ2v) is 9.41. The minimum Gasteiger partial charge on any atom is -0.481 e. The van der Waals surface area contributed by atoms with Crippen LogP contribution in [0.25, 0.3) is 0 Å². The molecule has 3 aromatic carbocycles. The number of carboxylic acid groups (broad SMARTS) is 1. The Labute approximate surface area is 206 Å². The lowest BCUT2D eigenvalue weighted by Crippen LogP contribution is -2.37. The van der Waals surface area contributed by atoms with Gasteiger partial charge in [-0.1, -0.05) is 80.1 Å². The molecular formula is C28H32N2O3S. The molecule has 34 heavy (non-hydrogen) atoms. The van der Waals surface area contributed by atoms with Gasteiger partial charge in [-0.25, -0.2) is 4.79 Å². The normalized spacial score (nSPS) is 11.6. The zero-order chi connectivity index (χ0) is 24.3. The van der Waals surface area contributed by atoms with Crippen LogP contribution >= 0.6 is 11.8 Å². The summed E-state index contributed by atoms with van der Waals surface area (Å²) in [5, 5.41) is 12.0. The minimum atomic E-state index is -0.839. The Bertz CT molecular complexity index is 1070. The first-order valence-electron chi connectivity index (χ1n) is 11.7. The third kappa shape index (κ3) is 7.66. The van der Waals surface area contributed by atoms with Crippen LogP contribution in [0.15, 0.2) is 88.7 Å². The van der Waals surface area contributed by atoms with Gasteiger partial charge >= 0.3 is 12.0 Å². The van der Waals surface area contributed by atoms with Crippen LogP contribution in [0.3, 0.4) is 0 Å². The zero-order valence-corrected chi connectivity index (χ0v) is 20.6. The van der Waals surface area contributed by atoms with Gasteiger partial charge < -0.3 is 15.3 Å². The third-order valence-electron chi connectivity index (χ3n) is 5.61. The number of aliphatic carboxylic acids is 1. The molecule has 2 amide bonds. The summed E-state index contributed by atoms with van der Waals surface area (Å²) >= 11 is 1.57. The molecule has 0 aliphatic rings. The second kappa shape index (κ2) is 12.8. The SMILES string of the molecule is CCCCCN(C(=O)Nc1cccc(Sc2ccc(CC(=O)O)cc2)c1)C(C)c1ccccc1. The summed E-state index contributed by atoms with van der Waals surface area (Å²) in [5.41, 5.74) is 2.64. The van der Waals surface area contributed by atoms with Crippen LogP contribution in [-0.2, 0) is 11.2 Å². The van der Waals surface area contributed by atoms with Gasteiger partial charge in [0.1, 0.15) is 0 Å². The summed E-state index contributed by atoms with van der Waals surface area (Å²) in [6.45, 7) is 4.93. The van der Waals surface area contributed by atoms with Crippen molar-refractivity contribution in [2.75, 3.05) is 11.9 Å². The quantitative estimate of drug-likeness (QED) is 0.286. The van der Waals surface area contributed by atoms with E-state index in [0.717, 1.165) is 45.9 Å². The zero-order valence-electron chi connectivity index (χ0n) is 19.7. The van der Waals surface area contributed by atoms with Crippen molar-refractivity contribution in [3.63, 3.8) is 0 Å². The number of unbranched alkanes of at least 4 members (excludes halogenated alkanes) is 2. The highest BCUT2D eigenvalue weighted by atomic mass is 32.2. The van der Waals surface area contributed by atoms with E-state index in [1.54, 1.807) is 11.8 Å². The molecule has 0 fully saturated rings. The fourth-order valence-corrected chi connectivity index (χ4v) is 4.61. The summed E-state index contributed by atoms with van der Waals surface area (Å²) in [6, 6.07) is 25.3. The lowest BCUT2D eigenvalue weighted by molar-refractivity contribution is -0.136. The van der Waals surface area contributed by atoms with Gasteiger partial charge in [0.2, 0.25) is 0 Å². The molecule has 6 heteroatoms. The monoisotopic (exact) mass is 476 g/mol. The van der Waals surface area contributed by atoms with E-state index in [0.29, 0.717) is 6.54 Å². The number of hydrogen-bond acceptors (Lipinski definition) is 3. The Morgan fingerprint density at radius 3 is 2.35 bits per heavy atom. The van der Waals surface area contributed by atoms with E-state index in [4.69, 9.17) is 5.11 Å². The number of nitrogens with zero attached hydrogens (tertiary/aromatic N) is 1. The molecule has 3 rings (SSSR count). The molecule has 1 atom stereocenters. The number of carbonyl (C=O) groups is 2. The van der Waals surface area contributed by atoms with E-state index < -0.39 is 5.97 Å². The van der Waals surface area contributed by atoms with E-state index >= 15 is 0 Å². The van der Waals surface area contributed by atoms with Crippen LogP contribution in [0.1, 0.15) is 50.3 Å². The molecule has 0 heterocycles. The molecule has 0 spiro atoms. The molecule has 178 valence electrons. The average molecular weight is 477 g/mol. The van der Waals surface area contributed by atoms with Gasteiger partial charge in [0, 0.05) is 22.0 Å². The average Bonchev–Trinajstić information content (AvgIpc) is 2.83. The Morgan fingerprint density at radius 1 is 0.941 bits per heavy atom. The van der Waals surface area contributed by atoms with Gasteiger partial charge in [-0.3, -0.25) is 4.79 Å². The third-order valence-corrected chi connectivity index (χ3v) is 6.61. The fraction of sp³-hybridized carbons (Fsp3) is 0.286. The largest absolute Gasteiger partial charge is 0.481 e. The Kier molecular flexibility index (Phi) is 9.59. The molecule has 3 aromatic rings. The van der Waals surface area contributed by atoms with Gasteiger partial charge in [-0.15, -0.1) is 0 Å². The topological polar surface area (TPSA) is 69.6 Å². The van der Waals surface area contributed by atoms with Gasteiger partial charge in [0.15, 0.2) is 0 Å². The number of carboxylic acids is 1. The molecular weight excluding hydrogens is 444 g/mol. The first kappa shape index (κ1) is 25.4. The van der Waals surface area contributed by atoms with Crippen LogP contribution in [0.2, 0.25) is 0 Å². The molecule has 1 unspecified atom stereocenters. The van der Waals surface area contributed by atoms with Crippen LogP contribution in [0.4, 0.5) is 10.5 Å². The second-order valence-electron chi connectivity index (χ2n) is 8.26. The molecule has 0 saturated heterocycles. The van der Waals surface area contributed by atoms with Crippen LogP contribution in [0.5, 0.6) is 0 Å². The molecule has 2 N–H and O–H groups in total. The first-order chi connectivity index (χ1) is 16.5. The fourth-order valence-electron chi connectivity index (χ4n) is 3.73. The number of hydrogen-bond donors (Lipinski definition) is 2. The van der Waals surface area contributed by atoms with Crippen molar-refractivity contribution >= 4 is 29.4 Å². The van der Waals surface area contributed by atoms with Crippen molar-refractivity contribution in [3.8, 4) is 0 Å². The Hall–Kier alpha value is -3.25. The van der Waals surface area contributed by atoms with E-state index in [2.05, 4.69) is 31.3 Å². The van der Waals surface area contributed by atoms with Crippen molar-refractivity contribution in [1.82, 2.24) is 4.90 Å². The van der Waals surface area contributed by atoms with E-state index in [1.807, 2.05) is 71.6 Å². The maximum absolute atomic E-state index is 13.3. The van der Waals surface area contributed by atoms with E-state index in [9.17, 15) is 9.59 Å². The number of amides is 2. The van der Waals surface area contributed by atoms with E-state index in [1.165, 1.54) is 0 Å². The molecule has 0 aliphatic heterocycles. The highest BCUT2D eigenvalue weighted by Crippen LogP contribution is 2.30. The highest BCUT2D eigenvalue weighted by Gasteiger charge is 2.21. The number of anilines is 1. The van der Waals surface area contributed by atoms with Gasteiger partial charge in [0.25, 0.3) is 0 Å². The Balaban J connectivity index is 1.69. The van der Waals surface area contributed by atoms with Crippen molar-refractivity contribution < 1.29 is 14.7 Å². The molecule has 0 aliphatic carbocycles.